The maximum atomic E-state index is 9.29. The van der Waals surface area contributed by atoms with E-state index in [1.54, 1.807) is 18.2 Å². The summed E-state index contributed by atoms with van der Waals surface area (Å²) in [7, 11) is 0. The normalized spacial score (nSPS) is 16.8. The Bertz CT molecular complexity index is 2950. The van der Waals surface area contributed by atoms with Crippen LogP contribution in [0.4, 0.5) is 0 Å². The predicted octanol–water partition coefficient (Wildman–Crippen LogP) is 11.3. The molecular formula is C40H26. The van der Waals surface area contributed by atoms with Crippen LogP contribution < -0.4 is 0 Å². The molecule has 0 saturated carbocycles. The fourth-order valence-corrected chi connectivity index (χ4v) is 5.39. The van der Waals surface area contributed by atoms with E-state index in [-0.39, 0.29) is 32.7 Å². The van der Waals surface area contributed by atoms with Gasteiger partial charge in [-0.05, 0) is 88.6 Å². The Morgan fingerprint density at radius 3 is 1.68 bits per heavy atom. The average Bonchev–Trinajstić information content (AvgIpc) is 3.19. The second-order valence-corrected chi connectivity index (χ2v) is 9.39. The van der Waals surface area contributed by atoms with Crippen LogP contribution in [0.5, 0.6) is 0 Å². The standard InChI is InChI=1S/C40H26/c1-2-13-29-25-31(24-23-27(29)11-1)30-15-9-16-32(26-30)39-35-18-5-7-20-37(35)40(38-21-8-6-19-36(38)39)34-22-10-14-28-12-3-4-17-33(28)34/h1-26H/i3D,4D,5D,6D,7D,8D,10D,12D,14D,17D,18D,19D,20D,21D,22D. The zero-order valence-electron chi connectivity index (χ0n) is 35.9. The maximum Gasteiger partial charge on any atom is 0.0629 e. The van der Waals surface area contributed by atoms with E-state index in [2.05, 4.69) is 0 Å². The van der Waals surface area contributed by atoms with Gasteiger partial charge >= 0.3 is 0 Å². The van der Waals surface area contributed by atoms with Gasteiger partial charge in [0.1, 0.15) is 0 Å². The Hall–Kier alpha value is -5.20. The lowest BCUT2D eigenvalue weighted by molar-refractivity contribution is 1.63. The van der Waals surface area contributed by atoms with Crippen LogP contribution in [0, 0.1) is 0 Å². The third kappa shape index (κ3) is 3.61. The number of fused-ring (bicyclic) bond motifs is 4. The second-order valence-electron chi connectivity index (χ2n) is 9.39. The first kappa shape index (κ1) is 12.3. The van der Waals surface area contributed by atoms with Crippen LogP contribution in [-0.4, -0.2) is 0 Å². The maximum absolute atomic E-state index is 9.29. The highest BCUT2D eigenvalue weighted by molar-refractivity contribution is 6.23. The molecule has 0 aliphatic rings. The summed E-state index contributed by atoms with van der Waals surface area (Å²) < 4.78 is 133. The molecule has 0 nitrogen and oxygen atoms in total. The van der Waals surface area contributed by atoms with Crippen LogP contribution in [0.1, 0.15) is 20.6 Å². The van der Waals surface area contributed by atoms with E-state index in [4.69, 9.17) is 13.7 Å². The average molecular weight is 522 g/mol. The second kappa shape index (κ2) is 9.22. The van der Waals surface area contributed by atoms with Crippen LogP contribution >= 0.6 is 0 Å². The zero-order valence-corrected chi connectivity index (χ0v) is 20.9. The monoisotopic (exact) mass is 521 g/mol. The molecule has 0 heterocycles. The molecule has 186 valence electrons. The molecule has 0 saturated heterocycles. The summed E-state index contributed by atoms with van der Waals surface area (Å²) in [5.41, 5.74) is 1.15. The van der Waals surface area contributed by atoms with Crippen LogP contribution in [0.15, 0.2) is 157 Å². The minimum Gasteiger partial charge on any atom is -0.0616 e. The highest BCUT2D eigenvalue weighted by Crippen LogP contribution is 2.45. The van der Waals surface area contributed by atoms with Crippen molar-refractivity contribution in [1.29, 1.82) is 0 Å². The van der Waals surface area contributed by atoms with E-state index in [1.165, 1.54) is 0 Å². The lowest BCUT2D eigenvalue weighted by Gasteiger charge is -2.19. The third-order valence-corrected chi connectivity index (χ3v) is 7.17. The molecule has 0 amide bonds. The predicted molar refractivity (Wildman–Crippen MR) is 173 cm³/mol. The molecule has 0 aliphatic carbocycles. The smallest absolute Gasteiger partial charge is 0.0616 e. The van der Waals surface area contributed by atoms with Gasteiger partial charge in [-0.1, -0.05) is 145 Å². The minimum absolute atomic E-state index is 0.0522. The number of hydrogen-bond donors (Lipinski definition) is 0. The van der Waals surface area contributed by atoms with Crippen LogP contribution in [0.2, 0.25) is 0 Å². The first-order chi connectivity index (χ1) is 26.1. The Labute approximate surface area is 254 Å². The highest BCUT2D eigenvalue weighted by atomic mass is 14.2. The summed E-state index contributed by atoms with van der Waals surface area (Å²) in [5.74, 6) is 0. The molecule has 0 aromatic heterocycles. The van der Waals surface area contributed by atoms with Crippen molar-refractivity contribution in [2.24, 2.45) is 0 Å². The van der Waals surface area contributed by atoms with Crippen LogP contribution in [0.3, 0.4) is 0 Å². The summed E-state index contributed by atoms with van der Waals surface area (Å²) in [4.78, 5) is 0. The van der Waals surface area contributed by atoms with E-state index < -0.39 is 107 Å². The third-order valence-electron chi connectivity index (χ3n) is 7.17. The molecule has 0 aliphatic heterocycles. The number of hydrogen-bond acceptors (Lipinski definition) is 0. The van der Waals surface area contributed by atoms with Gasteiger partial charge < -0.3 is 0 Å². The summed E-state index contributed by atoms with van der Waals surface area (Å²) in [5, 5.41) is 0.277. The van der Waals surface area contributed by atoms with Gasteiger partial charge in [-0.15, -0.1) is 0 Å². The Morgan fingerprint density at radius 1 is 0.350 bits per heavy atom. The van der Waals surface area contributed by atoms with Crippen molar-refractivity contribution < 1.29 is 20.6 Å². The number of rotatable bonds is 3. The molecule has 0 N–H and O–H groups in total. The summed E-state index contributed by atoms with van der Waals surface area (Å²) in [6.45, 7) is 0. The summed E-state index contributed by atoms with van der Waals surface area (Å²) in [6, 6.07) is 10.7. The molecule has 0 unspecified atom stereocenters. The van der Waals surface area contributed by atoms with Gasteiger partial charge in [-0.2, -0.15) is 0 Å². The fraction of sp³-hybridized carbons (Fsp3) is 0. The first-order valence-electron chi connectivity index (χ1n) is 20.1. The molecule has 0 spiro atoms. The lowest BCUT2D eigenvalue weighted by Crippen LogP contribution is -1.92. The molecule has 0 atom stereocenters. The molecule has 0 heteroatoms. The van der Waals surface area contributed by atoms with Gasteiger partial charge in [0.15, 0.2) is 0 Å². The van der Waals surface area contributed by atoms with Gasteiger partial charge in [0.25, 0.3) is 0 Å². The first-order valence-corrected chi connectivity index (χ1v) is 12.6. The summed E-state index contributed by atoms with van der Waals surface area (Å²) >= 11 is 0. The topological polar surface area (TPSA) is 0 Å². The van der Waals surface area contributed by atoms with Crippen molar-refractivity contribution in [2.75, 3.05) is 0 Å². The fourth-order valence-electron chi connectivity index (χ4n) is 5.39. The van der Waals surface area contributed by atoms with Crippen LogP contribution in [0.25, 0.3) is 76.5 Å². The quantitative estimate of drug-likeness (QED) is 0.203. The minimum atomic E-state index is -0.748. The van der Waals surface area contributed by atoms with E-state index in [0.29, 0.717) is 11.1 Å². The van der Waals surface area contributed by atoms with Crippen LogP contribution in [-0.2, 0) is 0 Å². The molecular weight excluding hydrogens is 480 g/mol. The van der Waals surface area contributed by atoms with Gasteiger partial charge in [0, 0.05) is 0 Å². The molecule has 40 heavy (non-hydrogen) atoms. The molecule has 8 rings (SSSR count). The zero-order chi connectivity index (χ0) is 39.5. The van der Waals surface area contributed by atoms with Gasteiger partial charge in [-0.25, -0.2) is 0 Å². The van der Waals surface area contributed by atoms with Crippen molar-refractivity contribution in [3.63, 3.8) is 0 Å². The van der Waals surface area contributed by atoms with E-state index >= 15 is 0 Å². The lowest BCUT2D eigenvalue weighted by atomic mass is 9.84. The van der Waals surface area contributed by atoms with Crippen molar-refractivity contribution in [3.05, 3.63) is 157 Å². The van der Waals surface area contributed by atoms with Crippen molar-refractivity contribution in [2.45, 2.75) is 0 Å². The molecule has 0 fully saturated rings. The summed E-state index contributed by atoms with van der Waals surface area (Å²) in [6.07, 6.45) is 0. The Kier molecular flexibility index (Phi) is 2.84. The van der Waals surface area contributed by atoms with Crippen molar-refractivity contribution in [3.8, 4) is 33.4 Å². The van der Waals surface area contributed by atoms with Gasteiger partial charge in [0.2, 0.25) is 0 Å². The van der Waals surface area contributed by atoms with E-state index in [0.717, 1.165) is 16.3 Å². The Morgan fingerprint density at radius 2 is 0.925 bits per heavy atom. The molecule has 0 bridgehead atoms. The SMILES string of the molecule is [2H]c1c([2H])c([2H])c2c(-c3c4c([2H])c([2H])c([2H])c([2H])c4c(-c4cccc(-c5ccc6ccccc6c5)c4)c4c([2H])c([2H])c([2H])c([2H])c34)c([2H])c([2H])c([2H])c2c1[2H]. The molecule has 8 aromatic carbocycles. The van der Waals surface area contributed by atoms with Gasteiger partial charge in [-0.3, -0.25) is 0 Å². The molecule has 0 radical (unpaired) electrons. The van der Waals surface area contributed by atoms with E-state index in [9.17, 15) is 6.85 Å². The molecule has 8 aromatic rings. The Balaban J connectivity index is 1.66. The highest BCUT2D eigenvalue weighted by Gasteiger charge is 2.18. The van der Waals surface area contributed by atoms with Gasteiger partial charge in [0.05, 0.1) is 20.6 Å². The van der Waals surface area contributed by atoms with Crippen molar-refractivity contribution >= 4 is 43.1 Å². The largest absolute Gasteiger partial charge is 0.0629 e. The van der Waals surface area contributed by atoms with E-state index in [1.807, 2.05) is 48.5 Å². The number of benzene rings is 8. The van der Waals surface area contributed by atoms with Crippen molar-refractivity contribution in [1.82, 2.24) is 0 Å².